The van der Waals surface area contributed by atoms with Gasteiger partial charge < -0.3 is 10.2 Å². The van der Waals surface area contributed by atoms with Crippen LogP contribution in [0.15, 0.2) is 0 Å². The largest absolute Gasteiger partial charge is 0.316 e. The van der Waals surface area contributed by atoms with E-state index in [1.807, 2.05) is 0 Å². The van der Waals surface area contributed by atoms with Gasteiger partial charge in [-0.3, -0.25) is 0 Å². The molecule has 0 bridgehead atoms. The van der Waals surface area contributed by atoms with Crippen LogP contribution < -0.4 is 5.32 Å². The molecule has 0 radical (unpaired) electrons. The Hall–Kier alpha value is -0.0800. The molecule has 2 rings (SSSR count). The van der Waals surface area contributed by atoms with E-state index in [9.17, 15) is 0 Å². The molecular formula is C12H24N2. The second kappa shape index (κ2) is 3.82. The van der Waals surface area contributed by atoms with Gasteiger partial charge in [0.1, 0.15) is 0 Å². The van der Waals surface area contributed by atoms with Gasteiger partial charge in [0.25, 0.3) is 0 Å². The molecule has 14 heavy (non-hydrogen) atoms. The van der Waals surface area contributed by atoms with Gasteiger partial charge in [0.2, 0.25) is 0 Å². The summed E-state index contributed by atoms with van der Waals surface area (Å²) in [5.74, 6) is 1.99. The van der Waals surface area contributed by atoms with Crippen LogP contribution in [0.4, 0.5) is 0 Å². The molecule has 2 aliphatic rings. The van der Waals surface area contributed by atoms with Crippen LogP contribution in [-0.2, 0) is 0 Å². The molecule has 0 aromatic heterocycles. The molecule has 3 atom stereocenters. The third kappa shape index (κ3) is 2.48. The summed E-state index contributed by atoms with van der Waals surface area (Å²) in [5, 5.41) is 3.47. The average molecular weight is 196 g/mol. The first-order valence-electron chi connectivity index (χ1n) is 5.98. The lowest BCUT2D eigenvalue weighted by Crippen LogP contribution is -2.36. The van der Waals surface area contributed by atoms with Crippen molar-refractivity contribution in [2.24, 2.45) is 17.3 Å². The number of hydrogen-bond donors (Lipinski definition) is 1. The van der Waals surface area contributed by atoms with Crippen LogP contribution in [0.25, 0.3) is 0 Å². The summed E-state index contributed by atoms with van der Waals surface area (Å²) in [5.41, 5.74) is 0.535. The molecule has 1 heterocycles. The molecule has 82 valence electrons. The van der Waals surface area contributed by atoms with Gasteiger partial charge in [-0.2, -0.15) is 0 Å². The Bertz CT molecular complexity index is 196. The maximum Gasteiger partial charge on any atom is 0.00450 e. The first-order valence-corrected chi connectivity index (χ1v) is 5.98. The zero-order valence-corrected chi connectivity index (χ0v) is 9.84. The summed E-state index contributed by atoms with van der Waals surface area (Å²) >= 11 is 0. The van der Waals surface area contributed by atoms with Crippen LogP contribution >= 0.6 is 0 Å². The van der Waals surface area contributed by atoms with Crippen molar-refractivity contribution < 1.29 is 0 Å². The molecule has 2 nitrogen and oxygen atoms in total. The van der Waals surface area contributed by atoms with E-state index in [-0.39, 0.29) is 0 Å². The Labute approximate surface area is 88.1 Å². The number of nitrogens with zero attached hydrogens (tertiary/aromatic N) is 1. The van der Waals surface area contributed by atoms with Crippen molar-refractivity contribution in [1.82, 2.24) is 10.2 Å². The third-order valence-corrected chi connectivity index (χ3v) is 3.93. The maximum atomic E-state index is 3.47. The quantitative estimate of drug-likeness (QED) is 0.734. The highest BCUT2D eigenvalue weighted by Gasteiger charge is 2.35. The van der Waals surface area contributed by atoms with Gasteiger partial charge in [-0.25, -0.2) is 0 Å². The van der Waals surface area contributed by atoms with E-state index in [0.717, 1.165) is 11.8 Å². The van der Waals surface area contributed by atoms with E-state index in [2.05, 4.69) is 31.1 Å². The predicted octanol–water partition coefficient (Wildman–Crippen LogP) is 1.57. The second-order valence-corrected chi connectivity index (χ2v) is 5.91. The molecule has 1 N–H and O–H groups in total. The minimum Gasteiger partial charge on any atom is -0.316 e. The average Bonchev–Trinajstić information content (AvgIpc) is 2.61. The van der Waals surface area contributed by atoms with Gasteiger partial charge in [0.15, 0.2) is 0 Å². The molecule has 0 aromatic carbocycles. The van der Waals surface area contributed by atoms with E-state index < -0.39 is 0 Å². The Morgan fingerprint density at radius 1 is 1.50 bits per heavy atom. The zero-order chi connectivity index (χ0) is 10.2. The molecule has 0 amide bonds. The van der Waals surface area contributed by atoms with Crippen molar-refractivity contribution in [3.63, 3.8) is 0 Å². The van der Waals surface area contributed by atoms with Gasteiger partial charge in [-0.1, -0.05) is 13.8 Å². The lowest BCUT2D eigenvalue weighted by atomic mass is 9.89. The smallest absolute Gasteiger partial charge is 0.00450 e. The van der Waals surface area contributed by atoms with Gasteiger partial charge >= 0.3 is 0 Å². The van der Waals surface area contributed by atoms with Crippen molar-refractivity contribution in [2.75, 3.05) is 33.2 Å². The highest BCUT2D eigenvalue weighted by Crippen LogP contribution is 2.38. The lowest BCUT2D eigenvalue weighted by Gasteiger charge is -2.29. The van der Waals surface area contributed by atoms with Gasteiger partial charge in [0.05, 0.1) is 0 Å². The first-order chi connectivity index (χ1) is 6.59. The molecule has 1 aliphatic carbocycles. The molecule has 0 aromatic rings. The normalized spacial score (nSPS) is 42.0. The Morgan fingerprint density at radius 2 is 2.21 bits per heavy atom. The van der Waals surface area contributed by atoms with Crippen LogP contribution in [0.1, 0.15) is 26.7 Å². The Balaban J connectivity index is 1.73. The number of hydrogen-bond acceptors (Lipinski definition) is 2. The van der Waals surface area contributed by atoms with E-state index in [1.165, 1.54) is 39.0 Å². The van der Waals surface area contributed by atoms with Crippen molar-refractivity contribution >= 4 is 0 Å². The second-order valence-electron chi connectivity index (χ2n) is 5.91. The predicted molar refractivity (Wildman–Crippen MR) is 60.4 cm³/mol. The van der Waals surface area contributed by atoms with Crippen LogP contribution in [0.2, 0.25) is 0 Å². The summed E-state index contributed by atoms with van der Waals surface area (Å²) in [7, 11) is 2.29. The van der Waals surface area contributed by atoms with Gasteiger partial charge in [-0.15, -0.1) is 0 Å². The SMILES string of the molecule is CC1CC1CN(C)CC1(C)CCNC1. The highest BCUT2D eigenvalue weighted by atomic mass is 15.1. The van der Waals surface area contributed by atoms with Gasteiger partial charge in [-0.05, 0) is 43.7 Å². The molecule has 1 saturated heterocycles. The minimum atomic E-state index is 0.535. The third-order valence-electron chi connectivity index (χ3n) is 3.93. The van der Waals surface area contributed by atoms with Crippen molar-refractivity contribution in [3.05, 3.63) is 0 Å². The monoisotopic (exact) mass is 196 g/mol. The van der Waals surface area contributed by atoms with Crippen molar-refractivity contribution in [3.8, 4) is 0 Å². The summed E-state index contributed by atoms with van der Waals surface area (Å²) in [6.07, 6.45) is 2.80. The number of nitrogens with one attached hydrogen (secondary N) is 1. The summed E-state index contributed by atoms with van der Waals surface area (Å²) in [6.45, 7) is 9.79. The molecular weight excluding hydrogens is 172 g/mol. The Kier molecular flexibility index (Phi) is 2.85. The fourth-order valence-electron chi connectivity index (χ4n) is 2.77. The van der Waals surface area contributed by atoms with Gasteiger partial charge in [0, 0.05) is 19.6 Å². The van der Waals surface area contributed by atoms with Crippen LogP contribution in [-0.4, -0.2) is 38.1 Å². The molecule has 1 saturated carbocycles. The van der Waals surface area contributed by atoms with E-state index in [4.69, 9.17) is 0 Å². The summed E-state index contributed by atoms with van der Waals surface area (Å²) < 4.78 is 0. The molecule has 1 aliphatic heterocycles. The maximum absolute atomic E-state index is 3.47. The molecule has 2 fully saturated rings. The van der Waals surface area contributed by atoms with E-state index in [1.54, 1.807) is 0 Å². The topological polar surface area (TPSA) is 15.3 Å². The summed E-state index contributed by atoms with van der Waals surface area (Å²) in [6, 6.07) is 0. The molecule has 0 spiro atoms. The first kappa shape index (κ1) is 10.4. The molecule has 3 unspecified atom stereocenters. The molecule has 2 heteroatoms. The van der Waals surface area contributed by atoms with Crippen LogP contribution in [0, 0.1) is 17.3 Å². The number of rotatable bonds is 4. The van der Waals surface area contributed by atoms with Crippen molar-refractivity contribution in [1.29, 1.82) is 0 Å². The fourth-order valence-corrected chi connectivity index (χ4v) is 2.77. The lowest BCUT2D eigenvalue weighted by molar-refractivity contribution is 0.201. The minimum absolute atomic E-state index is 0.535. The fraction of sp³-hybridized carbons (Fsp3) is 1.00. The van der Waals surface area contributed by atoms with E-state index >= 15 is 0 Å². The highest BCUT2D eigenvalue weighted by molar-refractivity contribution is 4.89. The van der Waals surface area contributed by atoms with Crippen LogP contribution in [0.3, 0.4) is 0 Å². The van der Waals surface area contributed by atoms with Crippen molar-refractivity contribution in [2.45, 2.75) is 26.7 Å². The van der Waals surface area contributed by atoms with Crippen LogP contribution in [0.5, 0.6) is 0 Å². The zero-order valence-electron chi connectivity index (χ0n) is 9.84. The standard InChI is InChI=1S/C12H24N2/c1-10-6-11(10)7-14(3)9-12(2)4-5-13-8-12/h10-11,13H,4-9H2,1-3H3. The summed E-state index contributed by atoms with van der Waals surface area (Å²) in [4.78, 5) is 2.54. The Morgan fingerprint density at radius 3 is 2.71 bits per heavy atom. The van der Waals surface area contributed by atoms with E-state index in [0.29, 0.717) is 5.41 Å².